The van der Waals surface area contributed by atoms with Crippen LogP contribution in [-0.2, 0) is 0 Å². The molecule has 0 aromatic rings. The van der Waals surface area contributed by atoms with Crippen LogP contribution >= 0.6 is 0 Å². The molecular formula is C30H62N2O3. The Labute approximate surface area is 219 Å². The number of nitrogens with zero attached hydrogens (tertiary/aromatic N) is 2. The molecule has 3 N–H and O–H groups in total. The van der Waals surface area contributed by atoms with Crippen molar-refractivity contribution in [2.24, 2.45) is 0 Å². The zero-order chi connectivity index (χ0) is 26.2. The topological polar surface area (TPSA) is 67.2 Å². The second-order valence-corrected chi connectivity index (χ2v) is 10.9. The van der Waals surface area contributed by atoms with Crippen LogP contribution in [0.3, 0.4) is 0 Å². The number of hydrogen-bond donors (Lipinski definition) is 3. The molecule has 5 nitrogen and oxygen atoms in total. The molecule has 5 heteroatoms. The second-order valence-electron chi connectivity index (χ2n) is 10.9. The van der Waals surface area contributed by atoms with E-state index in [1.807, 2.05) is 6.92 Å². The minimum absolute atomic E-state index is 0.310. The molecule has 210 valence electrons. The zero-order valence-electron chi connectivity index (χ0n) is 24.0. The van der Waals surface area contributed by atoms with Gasteiger partial charge in [-0.3, -0.25) is 4.90 Å². The van der Waals surface area contributed by atoms with Crippen molar-refractivity contribution in [1.82, 2.24) is 9.80 Å². The summed E-state index contributed by atoms with van der Waals surface area (Å²) in [6, 6.07) is 0. The summed E-state index contributed by atoms with van der Waals surface area (Å²) in [5, 5.41) is 29.3. The van der Waals surface area contributed by atoms with Gasteiger partial charge in [0.15, 0.2) is 0 Å². The summed E-state index contributed by atoms with van der Waals surface area (Å²) in [6.45, 7) is 12.5. The first-order valence-corrected chi connectivity index (χ1v) is 15.0. The Hall–Kier alpha value is -0.460. The van der Waals surface area contributed by atoms with Crippen LogP contribution in [0.4, 0.5) is 0 Å². The normalized spacial score (nSPS) is 14.9. The number of allylic oxidation sites excluding steroid dienone is 2. The van der Waals surface area contributed by atoms with Crippen LogP contribution in [0.1, 0.15) is 124 Å². The lowest BCUT2D eigenvalue weighted by Crippen LogP contribution is -2.39. The van der Waals surface area contributed by atoms with Crippen molar-refractivity contribution in [1.29, 1.82) is 0 Å². The molecule has 3 unspecified atom stereocenters. The maximum atomic E-state index is 9.88. The van der Waals surface area contributed by atoms with Crippen molar-refractivity contribution >= 4 is 0 Å². The summed E-state index contributed by atoms with van der Waals surface area (Å²) < 4.78 is 0. The molecule has 0 aliphatic rings. The standard InChI is InChI=1S/C30H62N2O3/c1-5-6-7-8-9-10-11-12-13-14-15-16-17-18-19-20-22-31(25-28(2)33)23-21-24-32(26-29(3)34)27-30(4)35/h12-13,28-30,33-35H,5-11,14-27H2,1-4H3. The highest BCUT2D eigenvalue weighted by Crippen LogP contribution is 2.11. The Kier molecular flexibility index (Phi) is 24.9. The quantitative estimate of drug-likeness (QED) is 0.0984. The molecule has 0 saturated heterocycles. The maximum Gasteiger partial charge on any atom is 0.0639 e. The van der Waals surface area contributed by atoms with Crippen molar-refractivity contribution in [3.8, 4) is 0 Å². The number of unbranched alkanes of at least 4 members (excludes halogenated alkanes) is 12. The monoisotopic (exact) mass is 498 g/mol. The lowest BCUT2D eigenvalue weighted by atomic mass is 10.1. The van der Waals surface area contributed by atoms with E-state index in [-0.39, 0.29) is 18.3 Å². The van der Waals surface area contributed by atoms with E-state index in [1.54, 1.807) is 13.8 Å². The number of aliphatic hydroxyl groups excluding tert-OH is 3. The second kappa shape index (κ2) is 25.2. The average Bonchev–Trinajstić information content (AvgIpc) is 2.77. The fourth-order valence-electron chi connectivity index (χ4n) is 4.77. The molecule has 3 atom stereocenters. The van der Waals surface area contributed by atoms with Crippen molar-refractivity contribution < 1.29 is 15.3 Å². The minimum Gasteiger partial charge on any atom is -0.392 e. The SMILES string of the molecule is CCCCCCCCC=CCCCCCCCCN(CCCN(CC(C)O)CC(C)O)CC(C)O. The van der Waals surface area contributed by atoms with E-state index in [1.165, 1.54) is 89.9 Å². The minimum atomic E-state index is -0.386. The van der Waals surface area contributed by atoms with Crippen LogP contribution in [-0.4, -0.2) is 82.7 Å². The van der Waals surface area contributed by atoms with E-state index in [2.05, 4.69) is 28.9 Å². The predicted octanol–water partition coefficient (Wildman–Crippen LogP) is 6.16. The molecule has 0 fully saturated rings. The van der Waals surface area contributed by atoms with Crippen LogP contribution < -0.4 is 0 Å². The molecule has 0 heterocycles. The van der Waals surface area contributed by atoms with E-state index in [0.29, 0.717) is 13.1 Å². The molecule has 0 aliphatic carbocycles. The van der Waals surface area contributed by atoms with Crippen molar-refractivity contribution in [3.05, 3.63) is 12.2 Å². The third kappa shape index (κ3) is 26.4. The van der Waals surface area contributed by atoms with E-state index in [4.69, 9.17) is 0 Å². The largest absolute Gasteiger partial charge is 0.392 e. The summed E-state index contributed by atoms with van der Waals surface area (Å²) in [4.78, 5) is 4.52. The summed E-state index contributed by atoms with van der Waals surface area (Å²) in [5.41, 5.74) is 0. The van der Waals surface area contributed by atoms with Gasteiger partial charge in [-0.2, -0.15) is 0 Å². The molecular weight excluding hydrogens is 436 g/mol. The molecule has 35 heavy (non-hydrogen) atoms. The molecule has 0 aromatic carbocycles. The highest BCUT2D eigenvalue weighted by Gasteiger charge is 2.13. The number of rotatable bonds is 26. The van der Waals surface area contributed by atoms with Crippen LogP contribution in [0.15, 0.2) is 12.2 Å². The van der Waals surface area contributed by atoms with Crippen LogP contribution in [0.2, 0.25) is 0 Å². The number of hydrogen-bond acceptors (Lipinski definition) is 5. The summed E-state index contributed by atoms with van der Waals surface area (Å²) in [7, 11) is 0. The Morgan fingerprint density at radius 3 is 1.34 bits per heavy atom. The summed E-state index contributed by atoms with van der Waals surface area (Å²) in [6.07, 6.45) is 23.2. The Morgan fingerprint density at radius 1 is 0.486 bits per heavy atom. The highest BCUT2D eigenvalue weighted by molar-refractivity contribution is 4.81. The maximum absolute atomic E-state index is 9.88. The molecule has 0 amide bonds. The van der Waals surface area contributed by atoms with Gasteiger partial charge in [0.1, 0.15) is 0 Å². The van der Waals surface area contributed by atoms with Crippen molar-refractivity contribution in [2.45, 2.75) is 142 Å². The summed E-state index contributed by atoms with van der Waals surface area (Å²) in [5.74, 6) is 0. The Bertz CT molecular complexity index is 445. The van der Waals surface area contributed by atoms with Gasteiger partial charge >= 0.3 is 0 Å². The van der Waals surface area contributed by atoms with Crippen molar-refractivity contribution in [2.75, 3.05) is 39.3 Å². The van der Waals surface area contributed by atoms with Crippen LogP contribution in [0.5, 0.6) is 0 Å². The first-order valence-electron chi connectivity index (χ1n) is 15.0. The van der Waals surface area contributed by atoms with Gasteiger partial charge in [0.2, 0.25) is 0 Å². The third-order valence-corrected chi connectivity index (χ3v) is 6.50. The Balaban J connectivity index is 3.83. The van der Waals surface area contributed by atoms with Gasteiger partial charge in [-0.15, -0.1) is 0 Å². The van der Waals surface area contributed by atoms with Gasteiger partial charge in [-0.05, 0) is 78.9 Å². The molecule has 0 spiro atoms. The van der Waals surface area contributed by atoms with E-state index in [9.17, 15) is 15.3 Å². The van der Waals surface area contributed by atoms with E-state index < -0.39 is 0 Å². The van der Waals surface area contributed by atoms with Gasteiger partial charge < -0.3 is 20.2 Å². The number of aliphatic hydroxyl groups is 3. The molecule has 0 rings (SSSR count). The molecule has 0 bridgehead atoms. The van der Waals surface area contributed by atoms with E-state index >= 15 is 0 Å². The first kappa shape index (κ1) is 34.5. The molecule has 0 saturated carbocycles. The van der Waals surface area contributed by atoms with Crippen molar-refractivity contribution in [3.63, 3.8) is 0 Å². The van der Waals surface area contributed by atoms with E-state index in [0.717, 1.165) is 32.6 Å². The van der Waals surface area contributed by atoms with Gasteiger partial charge in [0.05, 0.1) is 18.3 Å². The fraction of sp³-hybridized carbons (Fsp3) is 0.933. The lowest BCUT2D eigenvalue weighted by Gasteiger charge is -2.28. The molecule has 0 radical (unpaired) electrons. The highest BCUT2D eigenvalue weighted by atomic mass is 16.3. The summed E-state index contributed by atoms with van der Waals surface area (Å²) >= 11 is 0. The van der Waals surface area contributed by atoms with Gasteiger partial charge in [-0.25, -0.2) is 0 Å². The van der Waals surface area contributed by atoms with Gasteiger partial charge in [0.25, 0.3) is 0 Å². The molecule has 0 aromatic heterocycles. The van der Waals surface area contributed by atoms with Gasteiger partial charge in [-0.1, -0.05) is 76.9 Å². The Morgan fingerprint density at radius 2 is 0.857 bits per heavy atom. The lowest BCUT2D eigenvalue weighted by molar-refractivity contribution is 0.0777. The third-order valence-electron chi connectivity index (χ3n) is 6.50. The van der Waals surface area contributed by atoms with Crippen LogP contribution in [0.25, 0.3) is 0 Å². The predicted molar refractivity (Wildman–Crippen MR) is 152 cm³/mol. The fourth-order valence-corrected chi connectivity index (χ4v) is 4.77. The molecule has 0 aliphatic heterocycles. The smallest absolute Gasteiger partial charge is 0.0639 e. The zero-order valence-corrected chi connectivity index (χ0v) is 24.0. The van der Waals surface area contributed by atoms with Crippen LogP contribution in [0, 0.1) is 0 Å². The average molecular weight is 499 g/mol. The van der Waals surface area contributed by atoms with Gasteiger partial charge in [0, 0.05) is 19.6 Å². The first-order chi connectivity index (χ1) is 16.8.